The van der Waals surface area contributed by atoms with Gasteiger partial charge in [-0.1, -0.05) is 0 Å². The van der Waals surface area contributed by atoms with E-state index in [9.17, 15) is 18.8 Å². The monoisotopic (exact) mass is 387 g/mol. The number of amides is 4. The molecule has 10 heteroatoms. The number of hydrogen-bond donors (Lipinski definition) is 3. The lowest BCUT2D eigenvalue weighted by molar-refractivity contribution is -0.131. The predicted octanol–water partition coefficient (Wildman–Crippen LogP) is 1.24. The third-order valence-corrected chi connectivity index (χ3v) is 4.23. The molecule has 0 aromatic carbocycles. The fraction of sp³-hybridized carbons (Fsp3) is 0.222. The van der Waals surface area contributed by atoms with E-state index in [0.29, 0.717) is 11.7 Å². The number of hydrogen-bond acceptors (Lipinski definition) is 6. The summed E-state index contributed by atoms with van der Waals surface area (Å²) >= 11 is 0. The number of dihydropyridines is 1. The lowest BCUT2D eigenvalue weighted by Crippen LogP contribution is -2.56. The van der Waals surface area contributed by atoms with Gasteiger partial charge in [0.25, 0.3) is 5.91 Å². The molecule has 3 heterocycles. The predicted molar refractivity (Wildman–Crippen MR) is 98.2 cm³/mol. The van der Waals surface area contributed by atoms with Crippen molar-refractivity contribution in [2.24, 2.45) is 0 Å². The van der Waals surface area contributed by atoms with Crippen LogP contribution in [-0.4, -0.2) is 34.3 Å². The molecule has 9 nitrogen and oxygen atoms in total. The lowest BCUT2D eigenvalue weighted by atomic mass is 9.99. The number of halogens is 1. The molecular formula is C18H20FN6O3. The Morgan fingerprint density at radius 2 is 2.25 bits per heavy atom. The van der Waals surface area contributed by atoms with Crippen LogP contribution in [0.2, 0.25) is 0 Å². The van der Waals surface area contributed by atoms with Gasteiger partial charge in [0.1, 0.15) is 24.5 Å². The van der Waals surface area contributed by atoms with E-state index in [2.05, 4.69) is 20.9 Å². The Morgan fingerprint density at radius 3 is 2.93 bits per heavy atom. The molecule has 0 unspecified atom stereocenters. The topological polar surface area (TPSA) is 127 Å². The zero-order valence-corrected chi connectivity index (χ0v) is 15.0. The van der Waals surface area contributed by atoms with Gasteiger partial charge in [-0.2, -0.15) is 5.26 Å². The summed E-state index contributed by atoms with van der Waals surface area (Å²) in [4.78, 5) is 41.8. The fourth-order valence-electron chi connectivity index (χ4n) is 2.87. The van der Waals surface area contributed by atoms with Crippen LogP contribution in [0.15, 0.2) is 35.8 Å². The average molecular weight is 387 g/mol. The summed E-state index contributed by atoms with van der Waals surface area (Å²) in [6, 6.07) is 1.59. The van der Waals surface area contributed by atoms with Gasteiger partial charge in [-0.3, -0.25) is 19.5 Å². The molecule has 1 aromatic heterocycles. The molecule has 1 aromatic rings. The first-order valence-electron chi connectivity index (χ1n) is 8.31. The van der Waals surface area contributed by atoms with Crippen molar-refractivity contribution in [3.8, 4) is 6.07 Å². The molecule has 1 atom stereocenters. The van der Waals surface area contributed by atoms with Gasteiger partial charge < -0.3 is 16.0 Å². The summed E-state index contributed by atoms with van der Waals surface area (Å²) in [5.41, 5.74) is 0.812. The fourth-order valence-corrected chi connectivity index (χ4v) is 2.87. The van der Waals surface area contributed by atoms with Crippen molar-refractivity contribution < 1.29 is 21.6 Å². The molecular weight excluding hydrogens is 367 g/mol. The van der Waals surface area contributed by atoms with Crippen molar-refractivity contribution >= 4 is 17.8 Å². The van der Waals surface area contributed by atoms with Crippen LogP contribution in [0.4, 0.5) is 9.18 Å². The Hall–Kier alpha value is -3.74. The zero-order chi connectivity index (χ0) is 20.4. The van der Waals surface area contributed by atoms with Gasteiger partial charge in [-0.05, 0) is 32.2 Å². The molecule has 147 valence electrons. The molecule has 0 bridgehead atoms. The molecule has 0 aliphatic carbocycles. The van der Waals surface area contributed by atoms with E-state index in [1.165, 1.54) is 13.1 Å². The highest BCUT2D eigenvalue weighted by Gasteiger charge is 2.39. The van der Waals surface area contributed by atoms with Crippen molar-refractivity contribution in [3.63, 3.8) is 0 Å². The van der Waals surface area contributed by atoms with Crippen LogP contribution >= 0.6 is 0 Å². The van der Waals surface area contributed by atoms with Crippen LogP contribution in [0, 0.1) is 23.2 Å². The molecule has 1 radical (unpaired) electrons. The smallest absolute Gasteiger partial charge is 0.325 e. The largest absolute Gasteiger partial charge is 0.365 e. The maximum atomic E-state index is 14.0. The summed E-state index contributed by atoms with van der Waals surface area (Å²) in [5.74, 6) is -2.01. The van der Waals surface area contributed by atoms with Gasteiger partial charge >= 0.3 is 6.03 Å². The Balaban J connectivity index is 0.00000225. The van der Waals surface area contributed by atoms with Gasteiger partial charge in [0, 0.05) is 14.7 Å². The molecule has 1 fully saturated rings. The van der Waals surface area contributed by atoms with Gasteiger partial charge in [-0.25, -0.2) is 9.18 Å². The third-order valence-electron chi connectivity index (χ3n) is 4.23. The molecule has 2 aliphatic rings. The van der Waals surface area contributed by atoms with Crippen LogP contribution in [0.25, 0.3) is 0 Å². The number of pyridine rings is 1. The minimum atomic E-state index is -0.828. The van der Waals surface area contributed by atoms with Crippen LogP contribution in [0.3, 0.4) is 0 Å². The van der Waals surface area contributed by atoms with Gasteiger partial charge in [-0.15, -0.1) is 0 Å². The molecule has 28 heavy (non-hydrogen) atoms. The Morgan fingerprint density at radius 1 is 1.50 bits per heavy atom. The minimum Gasteiger partial charge on any atom is -0.365 e. The number of nitrogens with zero attached hydrogens (tertiary/aromatic N) is 3. The van der Waals surface area contributed by atoms with E-state index in [1.54, 1.807) is 25.3 Å². The lowest BCUT2D eigenvalue weighted by Gasteiger charge is -2.33. The number of aromatic nitrogens is 1. The summed E-state index contributed by atoms with van der Waals surface area (Å²) in [7, 11) is 0. The number of imide groups is 1. The van der Waals surface area contributed by atoms with E-state index in [1.807, 2.05) is 0 Å². The van der Waals surface area contributed by atoms with Crippen molar-refractivity contribution in [1.82, 2.24) is 25.8 Å². The second-order valence-corrected chi connectivity index (χ2v) is 6.20. The normalized spacial score (nSPS) is 17.4. The minimum absolute atomic E-state index is 0. The number of carbonyl (C=O) groups excluding carboxylic acids is 3. The molecule has 0 saturated carbocycles. The number of nitriles is 1. The highest BCUT2D eigenvalue weighted by Crippen LogP contribution is 2.25. The Labute approximate surface area is 162 Å². The van der Waals surface area contributed by atoms with Gasteiger partial charge in [0.2, 0.25) is 5.91 Å². The first-order chi connectivity index (χ1) is 13.3. The number of allylic oxidation sites excluding steroid dienone is 1. The SMILES string of the molecule is CC1=C2[C](C=CN1)NC(=O)N(CC(=O)N[C@H](C)c1ncc(C#N)cc1F)C2=O.[HH].[HH]. The van der Waals surface area contributed by atoms with Crippen LogP contribution in [-0.2, 0) is 9.59 Å². The van der Waals surface area contributed by atoms with Crippen LogP contribution in [0.1, 0.15) is 34.0 Å². The quantitative estimate of drug-likeness (QED) is 0.713. The highest BCUT2D eigenvalue weighted by molar-refractivity contribution is 6.12. The van der Waals surface area contributed by atoms with E-state index in [-0.39, 0.29) is 19.7 Å². The van der Waals surface area contributed by atoms with Crippen LogP contribution < -0.4 is 16.0 Å². The van der Waals surface area contributed by atoms with Crippen molar-refractivity contribution in [2.45, 2.75) is 19.9 Å². The first kappa shape index (κ1) is 19.0. The third kappa shape index (κ3) is 3.55. The molecule has 4 amide bonds. The van der Waals surface area contributed by atoms with Gasteiger partial charge in [0.05, 0.1) is 22.9 Å². The molecule has 1 saturated heterocycles. The Bertz CT molecular complexity index is 975. The van der Waals surface area contributed by atoms with Crippen molar-refractivity contribution in [2.75, 3.05) is 6.54 Å². The standard InChI is InChI=1S/C18H16FN6O3.2H2/c1-9-15-13(3-4-21-9)24-18(28)25(17(15)27)8-14(26)23-10(2)16-12(19)5-11(6-20)7-22-16;;/h3-5,7,10,21H,8H2,1-2H3,(H,23,26)(H,24,28);2*1H/t10-;;/m1../s1. The van der Waals surface area contributed by atoms with E-state index < -0.39 is 36.2 Å². The number of rotatable bonds is 4. The van der Waals surface area contributed by atoms with E-state index in [4.69, 9.17) is 5.26 Å². The maximum absolute atomic E-state index is 14.0. The molecule has 2 aliphatic heterocycles. The molecule has 3 rings (SSSR count). The summed E-state index contributed by atoms with van der Waals surface area (Å²) in [6.45, 7) is 2.64. The van der Waals surface area contributed by atoms with Crippen LogP contribution in [0.5, 0.6) is 0 Å². The second-order valence-electron chi connectivity index (χ2n) is 6.20. The molecule has 3 N–H and O–H groups in total. The number of fused-ring (bicyclic) bond motifs is 1. The zero-order valence-electron chi connectivity index (χ0n) is 15.0. The second kappa shape index (κ2) is 7.48. The number of urea groups is 1. The number of carbonyl (C=O) groups is 3. The Kier molecular flexibility index (Phi) is 5.08. The van der Waals surface area contributed by atoms with Gasteiger partial charge in [0.15, 0.2) is 0 Å². The maximum Gasteiger partial charge on any atom is 0.325 e. The summed E-state index contributed by atoms with van der Waals surface area (Å²) in [5, 5.41) is 16.7. The summed E-state index contributed by atoms with van der Waals surface area (Å²) < 4.78 is 14.0. The summed E-state index contributed by atoms with van der Waals surface area (Å²) in [6.07, 6.45) is 4.33. The van der Waals surface area contributed by atoms with Crippen molar-refractivity contribution in [1.29, 1.82) is 5.26 Å². The first-order valence-corrected chi connectivity index (χ1v) is 8.31. The molecule has 0 spiro atoms. The van der Waals surface area contributed by atoms with E-state index >= 15 is 0 Å². The average Bonchev–Trinajstić information content (AvgIpc) is 2.64. The van der Waals surface area contributed by atoms with E-state index in [0.717, 1.165) is 11.0 Å². The van der Waals surface area contributed by atoms with Crippen molar-refractivity contribution in [3.05, 3.63) is 58.9 Å². The number of nitrogens with one attached hydrogen (secondary N) is 3. The highest BCUT2D eigenvalue weighted by atomic mass is 19.1.